The van der Waals surface area contributed by atoms with E-state index in [1.165, 1.54) is 22.5 Å². The van der Waals surface area contributed by atoms with Gasteiger partial charge in [-0.1, -0.05) is 18.5 Å². The van der Waals surface area contributed by atoms with Crippen LogP contribution in [0.1, 0.15) is 18.9 Å². The molecule has 0 amide bonds. The van der Waals surface area contributed by atoms with Crippen molar-refractivity contribution >= 4 is 21.6 Å². The highest BCUT2D eigenvalue weighted by Crippen LogP contribution is 2.24. The van der Waals surface area contributed by atoms with Crippen LogP contribution in [-0.2, 0) is 14.8 Å². The highest BCUT2D eigenvalue weighted by Gasteiger charge is 2.30. The molecule has 20 heavy (non-hydrogen) atoms. The third kappa shape index (κ3) is 2.96. The topological polar surface area (TPSA) is 70.4 Å². The van der Waals surface area contributed by atoms with Crippen LogP contribution >= 0.6 is 11.6 Å². The van der Waals surface area contributed by atoms with Gasteiger partial charge in [0.1, 0.15) is 6.07 Å². The quantitative estimate of drug-likeness (QED) is 0.855. The van der Waals surface area contributed by atoms with Crippen LogP contribution in [0.4, 0.5) is 0 Å². The van der Waals surface area contributed by atoms with E-state index in [0.29, 0.717) is 19.7 Å². The number of nitrogens with zero attached hydrogens (tertiary/aromatic N) is 2. The van der Waals surface area contributed by atoms with Gasteiger partial charge in [0, 0.05) is 13.1 Å². The van der Waals surface area contributed by atoms with Gasteiger partial charge in [-0.3, -0.25) is 0 Å². The summed E-state index contributed by atoms with van der Waals surface area (Å²) in [6, 6.07) is 6.07. The van der Waals surface area contributed by atoms with E-state index in [1.807, 2.05) is 13.0 Å². The Morgan fingerprint density at radius 1 is 1.55 bits per heavy atom. The molecule has 7 heteroatoms. The van der Waals surface area contributed by atoms with Crippen molar-refractivity contribution in [3.8, 4) is 6.07 Å². The Kier molecular flexibility index (Phi) is 4.66. The van der Waals surface area contributed by atoms with Gasteiger partial charge in [-0.2, -0.15) is 9.57 Å². The van der Waals surface area contributed by atoms with Crippen molar-refractivity contribution in [2.45, 2.75) is 24.3 Å². The molecule has 0 saturated carbocycles. The van der Waals surface area contributed by atoms with Crippen molar-refractivity contribution in [2.24, 2.45) is 0 Å². The second kappa shape index (κ2) is 6.10. The van der Waals surface area contributed by atoms with Crippen LogP contribution < -0.4 is 0 Å². The van der Waals surface area contributed by atoms with E-state index in [4.69, 9.17) is 21.6 Å². The van der Waals surface area contributed by atoms with Gasteiger partial charge in [0.15, 0.2) is 0 Å². The monoisotopic (exact) mass is 314 g/mol. The molecule has 1 heterocycles. The molecule has 0 aliphatic carbocycles. The molecule has 0 spiro atoms. The van der Waals surface area contributed by atoms with Gasteiger partial charge in [0.05, 0.1) is 28.2 Å². The molecule has 2 rings (SSSR count). The number of ether oxygens (including phenoxy) is 1. The van der Waals surface area contributed by atoms with Crippen molar-refractivity contribution in [1.82, 2.24) is 4.31 Å². The van der Waals surface area contributed by atoms with E-state index in [1.54, 1.807) is 0 Å². The highest BCUT2D eigenvalue weighted by atomic mass is 35.5. The highest BCUT2D eigenvalue weighted by molar-refractivity contribution is 7.89. The maximum absolute atomic E-state index is 12.5. The Labute approximate surface area is 123 Å². The van der Waals surface area contributed by atoms with Gasteiger partial charge in [-0.05, 0) is 24.6 Å². The lowest BCUT2D eigenvalue weighted by Crippen LogP contribution is -2.45. The Balaban J connectivity index is 2.31. The molecule has 5 nitrogen and oxygen atoms in total. The van der Waals surface area contributed by atoms with E-state index >= 15 is 0 Å². The number of sulfonamides is 1. The average molecular weight is 315 g/mol. The average Bonchev–Trinajstić information content (AvgIpc) is 2.47. The number of rotatable bonds is 3. The minimum atomic E-state index is -3.59. The smallest absolute Gasteiger partial charge is 0.243 e. The van der Waals surface area contributed by atoms with Crippen molar-refractivity contribution in [1.29, 1.82) is 5.26 Å². The number of halogens is 1. The zero-order valence-electron chi connectivity index (χ0n) is 11.0. The first-order valence-corrected chi connectivity index (χ1v) is 8.12. The molecular weight excluding hydrogens is 300 g/mol. The maximum Gasteiger partial charge on any atom is 0.243 e. The zero-order chi connectivity index (χ0) is 14.8. The number of benzene rings is 1. The Bertz CT molecular complexity index is 640. The van der Waals surface area contributed by atoms with Crippen molar-refractivity contribution in [2.75, 3.05) is 19.7 Å². The summed E-state index contributed by atoms with van der Waals surface area (Å²) >= 11 is 5.90. The number of hydrogen-bond donors (Lipinski definition) is 0. The summed E-state index contributed by atoms with van der Waals surface area (Å²) in [5, 5.41) is 8.96. The number of hydrogen-bond acceptors (Lipinski definition) is 4. The van der Waals surface area contributed by atoms with Crippen molar-refractivity contribution < 1.29 is 13.2 Å². The second-order valence-electron chi connectivity index (χ2n) is 4.52. The molecule has 0 aromatic heterocycles. The molecule has 1 aromatic rings. The molecule has 1 aromatic carbocycles. The summed E-state index contributed by atoms with van der Waals surface area (Å²) in [7, 11) is -3.59. The predicted molar refractivity (Wildman–Crippen MR) is 75.0 cm³/mol. The fourth-order valence-corrected chi connectivity index (χ4v) is 3.82. The van der Waals surface area contributed by atoms with Crippen LogP contribution in [0.25, 0.3) is 0 Å². The standard InChI is InChI=1S/C13H15ClN2O3S/c1-2-11-9-16(5-6-19-11)20(17,18)12-4-3-10(8-15)13(14)7-12/h3-4,7,11H,2,5-6,9H2,1H3/t11-/m1/s1. The normalized spacial score (nSPS) is 20.6. The minimum Gasteiger partial charge on any atom is -0.375 e. The van der Waals surface area contributed by atoms with Gasteiger partial charge in [-0.15, -0.1) is 0 Å². The van der Waals surface area contributed by atoms with Crippen LogP contribution in [-0.4, -0.2) is 38.5 Å². The molecule has 108 valence electrons. The van der Waals surface area contributed by atoms with Gasteiger partial charge < -0.3 is 4.74 Å². The van der Waals surface area contributed by atoms with Gasteiger partial charge in [-0.25, -0.2) is 8.42 Å². The Hall–Kier alpha value is -1.13. The predicted octanol–water partition coefficient (Wildman–Crippen LogP) is 2.01. The summed E-state index contributed by atoms with van der Waals surface area (Å²) in [5.74, 6) is 0. The maximum atomic E-state index is 12.5. The second-order valence-corrected chi connectivity index (χ2v) is 6.86. The van der Waals surface area contributed by atoms with Gasteiger partial charge in [0.2, 0.25) is 10.0 Å². The molecule has 0 bridgehead atoms. The van der Waals surface area contributed by atoms with E-state index in [2.05, 4.69) is 0 Å². The largest absolute Gasteiger partial charge is 0.375 e. The molecule has 0 unspecified atom stereocenters. The molecule has 0 N–H and O–H groups in total. The summed E-state index contributed by atoms with van der Waals surface area (Å²) in [5.41, 5.74) is 0.263. The van der Waals surface area contributed by atoms with Crippen LogP contribution in [0.15, 0.2) is 23.1 Å². The third-order valence-corrected chi connectivity index (χ3v) is 5.43. The van der Waals surface area contributed by atoms with E-state index < -0.39 is 10.0 Å². The lowest BCUT2D eigenvalue weighted by molar-refractivity contribution is -0.00277. The van der Waals surface area contributed by atoms with E-state index in [-0.39, 0.29) is 21.6 Å². The van der Waals surface area contributed by atoms with Gasteiger partial charge >= 0.3 is 0 Å². The van der Waals surface area contributed by atoms with Gasteiger partial charge in [0.25, 0.3) is 0 Å². The molecule has 1 aliphatic rings. The fraction of sp³-hybridized carbons (Fsp3) is 0.462. The van der Waals surface area contributed by atoms with Crippen LogP contribution in [0.2, 0.25) is 5.02 Å². The lowest BCUT2D eigenvalue weighted by Gasteiger charge is -2.31. The van der Waals surface area contributed by atoms with Crippen molar-refractivity contribution in [3.05, 3.63) is 28.8 Å². The van der Waals surface area contributed by atoms with E-state index in [0.717, 1.165) is 6.42 Å². The van der Waals surface area contributed by atoms with Crippen LogP contribution in [0.5, 0.6) is 0 Å². The summed E-state index contributed by atoms with van der Waals surface area (Å²) < 4.78 is 31.9. The molecule has 1 saturated heterocycles. The SMILES string of the molecule is CC[C@@H]1CN(S(=O)(=O)c2ccc(C#N)c(Cl)c2)CCO1. The fourth-order valence-electron chi connectivity index (χ4n) is 2.05. The zero-order valence-corrected chi connectivity index (χ0v) is 12.6. The Morgan fingerprint density at radius 2 is 2.30 bits per heavy atom. The Morgan fingerprint density at radius 3 is 2.90 bits per heavy atom. The summed E-state index contributed by atoms with van der Waals surface area (Å²) in [4.78, 5) is 0.109. The van der Waals surface area contributed by atoms with Crippen molar-refractivity contribution in [3.63, 3.8) is 0 Å². The molecular formula is C13H15ClN2O3S. The number of nitriles is 1. The first kappa shape index (κ1) is 15.3. The molecule has 1 fully saturated rings. The first-order valence-electron chi connectivity index (χ1n) is 6.30. The molecule has 1 atom stereocenters. The first-order chi connectivity index (χ1) is 9.48. The molecule has 0 radical (unpaired) electrons. The van der Waals surface area contributed by atoms with Crippen LogP contribution in [0, 0.1) is 11.3 Å². The van der Waals surface area contributed by atoms with E-state index in [9.17, 15) is 8.42 Å². The lowest BCUT2D eigenvalue weighted by atomic mass is 10.2. The summed E-state index contributed by atoms with van der Waals surface area (Å²) in [6.07, 6.45) is 0.688. The summed E-state index contributed by atoms with van der Waals surface area (Å²) in [6.45, 7) is 3.02. The number of morpholine rings is 1. The molecule has 1 aliphatic heterocycles. The van der Waals surface area contributed by atoms with Crippen LogP contribution in [0.3, 0.4) is 0 Å². The third-order valence-electron chi connectivity index (χ3n) is 3.26. The minimum absolute atomic E-state index is 0.0765.